The standard InChI is InChI=1S/C12H20ClN3O2/c1-18-7-6-16-11(9(13)8-15-16)12(17)10-4-2-3-5-14-10/h8,10,12,14,17H,2-7H2,1H3. The van der Waals surface area contributed by atoms with Gasteiger partial charge in [0.25, 0.3) is 0 Å². The number of aromatic nitrogens is 2. The Kier molecular flexibility index (Phi) is 5.00. The summed E-state index contributed by atoms with van der Waals surface area (Å²) in [5.74, 6) is 0. The molecular formula is C12H20ClN3O2. The van der Waals surface area contributed by atoms with Gasteiger partial charge in [-0.25, -0.2) is 0 Å². The largest absolute Gasteiger partial charge is 0.385 e. The third-order valence-electron chi connectivity index (χ3n) is 3.35. The molecule has 2 unspecified atom stereocenters. The Balaban J connectivity index is 2.12. The van der Waals surface area contributed by atoms with Gasteiger partial charge in [-0.2, -0.15) is 5.10 Å². The van der Waals surface area contributed by atoms with Crippen molar-refractivity contribution in [3.8, 4) is 0 Å². The zero-order valence-corrected chi connectivity index (χ0v) is 11.4. The molecule has 0 spiro atoms. The molecule has 0 bridgehead atoms. The quantitative estimate of drug-likeness (QED) is 0.850. The number of aliphatic hydroxyl groups excluding tert-OH is 1. The zero-order chi connectivity index (χ0) is 13.0. The van der Waals surface area contributed by atoms with Crippen LogP contribution in [0, 0.1) is 0 Å². The Morgan fingerprint density at radius 1 is 1.67 bits per heavy atom. The smallest absolute Gasteiger partial charge is 0.112 e. The fraction of sp³-hybridized carbons (Fsp3) is 0.750. The predicted molar refractivity (Wildman–Crippen MR) is 69.7 cm³/mol. The molecule has 1 saturated heterocycles. The van der Waals surface area contributed by atoms with Crippen LogP contribution in [0.3, 0.4) is 0 Å². The van der Waals surface area contributed by atoms with Gasteiger partial charge in [-0.05, 0) is 19.4 Å². The molecule has 1 aliphatic heterocycles. The second-order valence-corrected chi connectivity index (χ2v) is 5.00. The second-order valence-electron chi connectivity index (χ2n) is 4.59. The summed E-state index contributed by atoms with van der Waals surface area (Å²) < 4.78 is 6.76. The first kappa shape index (κ1) is 13.8. The summed E-state index contributed by atoms with van der Waals surface area (Å²) in [5, 5.41) is 18.5. The number of piperidine rings is 1. The van der Waals surface area contributed by atoms with Crippen molar-refractivity contribution < 1.29 is 9.84 Å². The molecule has 1 aromatic rings. The van der Waals surface area contributed by atoms with Gasteiger partial charge in [0, 0.05) is 13.2 Å². The van der Waals surface area contributed by atoms with Gasteiger partial charge in [0.1, 0.15) is 6.10 Å². The summed E-state index contributed by atoms with van der Waals surface area (Å²) >= 11 is 6.13. The van der Waals surface area contributed by atoms with E-state index in [0.717, 1.165) is 19.4 Å². The molecule has 102 valence electrons. The van der Waals surface area contributed by atoms with Crippen molar-refractivity contribution in [2.45, 2.75) is 38.0 Å². The van der Waals surface area contributed by atoms with E-state index in [0.29, 0.717) is 23.9 Å². The van der Waals surface area contributed by atoms with E-state index < -0.39 is 6.10 Å². The lowest BCUT2D eigenvalue weighted by Crippen LogP contribution is -2.39. The van der Waals surface area contributed by atoms with E-state index in [1.807, 2.05) is 0 Å². The van der Waals surface area contributed by atoms with E-state index in [4.69, 9.17) is 16.3 Å². The van der Waals surface area contributed by atoms with Crippen LogP contribution in [0.5, 0.6) is 0 Å². The summed E-state index contributed by atoms with van der Waals surface area (Å²) in [6.07, 6.45) is 4.24. The van der Waals surface area contributed by atoms with E-state index in [-0.39, 0.29) is 6.04 Å². The van der Waals surface area contributed by atoms with Crippen LogP contribution < -0.4 is 5.32 Å². The molecule has 2 heterocycles. The van der Waals surface area contributed by atoms with Crippen molar-refractivity contribution in [3.05, 3.63) is 16.9 Å². The SMILES string of the molecule is COCCn1ncc(Cl)c1C(O)C1CCCCN1. The normalized spacial score (nSPS) is 22.1. The van der Waals surface area contributed by atoms with Crippen molar-refractivity contribution in [2.75, 3.05) is 20.3 Å². The molecule has 0 saturated carbocycles. The molecule has 6 heteroatoms. The maximum Gasteiger partial charge on any atom is 0.112 e. The van der Waals surface area contributed by atoms with Crippen LogP contribution in [-0.4, -0.2) is 41.2 Å². The Morgan fingerprint density at radius 2 is 2.50 bits per heavy atom. The van der Waals surface area contributed by atoms with Gasteiger partial charge in [-0.3, -0.25) is 4.68 Å². The maximum atomic E-state index is 10.4. The van der Waals surface area contributed by atoms with E-state index in [2.05, 4.69) is 10.4 Å². The van der Waals surface area contributed by atoms with Crippen LogP contribution in [0.4, 0.5) is 0 Å². The first-order valence-corrected chi connectivity index (χ1v) is 6.73. The Hall–Kier alpha value is -0.620. The minimum Gasteiger partial charge on any atom is -0.385 e. The molecule has 1 fully saturated rings. The van der Waals surface area contributed by atoms with Gasteiger partial charge < -0.3 is 15.2 Å². The number of hydrogen-bond donors (Lipinski definition) is 2. The van der Waals surface area contributed by atoms with Crippen LogP contribution in [0.15, 0.2) is 6.20 Å². The fourth-order valence-corrected chi connectivity index (χ4v) is 2.61. The summed E-state index contributed by atoms with van der Waals surface area (Å²) in [6.45, 7) is 2.10. The average molecular weight is 274 g/mol. The summed E-state index contributed by atoms with van der Waals surface area (Å²) in [4.78, 5) is 0. The van der Waals surface area contributed by atoms with Gasteiger partial charge in [-0.15, -0.1) is 0 Å². The average Bonchev–Trinajstić information content (AvgIpc) is 2.77. The number of ether oxygens (including phenoxy) is 1. The molecule has 1 aromatic heterocycles. The second kappa shape index (κ2) is 6.52. The molecule has 0 amide bonds. The Bertz CT molecular complexity index is 377. The highest BCUT2D eigenvalue weighted by molar-refractivity contribution is 6.31. The summed E-state index contributed by atoms with van der Waals surface area (Å²) in [5.41, 5.74) is 0.688. The first-order valence-electron chi connectivity index (χ1n) is 6.35. The van der Waals surface area contributed by atoms with Crippen LogP contribution >= 0.6 is 11.6 Å². The van der Waals surface area contributed by atoms with Gasteiger partial charge in [0.2, 0.25) is 0 Å². The van der Waals surface area contributed by atoms with Crippen LogP contribution in [0.1, 0.15) is 31.1 Å². The topological polar surface area (TPSA) is 59.3 Å². The zero-order valence-electron chi connectivity index (χ0n) is 10.6. The van der Waals surface area contributed by atoms with Crippen LogP contribution in [0.2, 0.25) is 5.02 Å². The van der Waals surface area contributed by atoms with E-state index in [1.54, 1.807) is 18.0 Å². The molecular weight excluding hydrogens is 254 g/mol. The van der Waals surface area contributed by atoms with Gasteiger partial charge >= 0.3 is 0 Å². The van der Waals surface area contributed by atoms with Crippen LogP contribution in [-0.2, 0) is 11.3 Å². The molecule has 18 heavy (non-hydrogen) atoms. The highest BCUT2D eigenvalue weighted by Crippen LogP contribution is 2.28. The number of nitrogens with one attached hydrogen (secondary N) is 1. The van der Waals surface area contributed by atoms with Gasteiger partial charge in [-0.1, -0.05) is 18.0 Å². The Morgan fingerprint density at radius 3 is 3.17 bits per heavy atom. The molecule has 0 aliphatic carbocycles. The van der Waals surface area contributed by atoms with E-state index >= 15 is 0 Å². The van der Waals surface area contributed by atoms with E-state index in [9.17, 15) is 5.11 Å². The number of rotatable bonds is 5. The molecule has 0 aromatic carbocycles. The van der Waals surface area contributed by atoms with Crippen molar-refractivity contribution >= 4 is 11.6 Å². The predicted octanol–water partition coefficient (Wildman–Crippen LogP) is 1.36. The maximum absolute atomic E-state index is 10.4. The first-order chi connectivity index (χ1) is 8.74. The molecule has 2 rings (SSSR count). The monoisotopic (exact) mass is 273 g/mol. The number of aliphatic hydroxyl groups is 1. The third-order valence-corrected chi connectivity index (χ3v) is 3.64. The Labute approximate surface area is 112 Å². The number of halogens is 1. The van der Waals surface area contributed by atoms with E-state index in [1.165, 1.54) is 6.42 Å². The minimum absolute atomic E-state index is 0.0641. The van der Waals surface area contributed by atoms with Crippen LogP contribution in [0.25, 0.3) is 0 Å². The number of nitrogens with zero attached hydrogens (tertiary/aromatic N) is 2. The number of hydrogen-bond acceptors (Lipinski definition) is 4. The molecule has 2 atom stereocenters. The third kappa shape index (κ3) is 3.03. The fourth-order valence-electron chi connectivity index (χ4n) is 2.36. The molecule has 5 nitrogen and oxygen atoms in total. The highest BCUT2D eigenvalue weighted by Gasteiger charge is 2.27. The van der Waals surface area contributed by atoms with Gasteiger partial charge in [0.05, 0.1) is 30.1 Å². The van der Waals surface area contributed by atoms with Crippen molar-refractivity contribution in [1.29, 1.82) is 0 Å². The minimum atomic E-state index is -0.614. The highest BCUT2D eigenvalue weighted by atomic mass is 35.5. The summed E-state index contributed by atoms with van der Waals surface area (Å²) in [7, 11) is 1.64. The lowest BCUT2D eigenvalue weighted by atomic mass is 9.98. The molecule has 0 radical (unpaired) electrons. The summed E-state index contributed by atoms with van der Waals surface area (Å²) in [6, 6.07) is 0.0641. The lowest BCUT2D eigenvalue weighted by molar-refractivity contribution is 0.102. The molecule has 1 aliphatic rings. The van der Waals surface area contributed by atoms with Crippen molar-refractivity contribution in [3.63, 3.8) is 0 Å². The van der Waals surface area contributed by atoms with Gasteiger partial charge in [0.15, 0.2) is 0 Å². The van der Waals surface area contributed by atoms with Crippen molar-refractivity contribution in [1.82, 2.24) is 15.1 Å². The lowest BCUT2D eigenvalue weighted by Gasteiger charge is -2.28. The number of methoxy groups -OCH3 is 1. The van der Waals surface area contributed by atoms with Crippen molar-refractivity contribution in [2.24, 2.45) is 0 Å². The molecule has 2 N–H and O–H groups in total.